The molecule has 2 nitrogen and oxygen atoms in total. The van der Waals surface area contributed by atoms with Crippen LogP contribution in [-0.2, 0) is 0 Å². The molecule has 0 amide bonds. The fraction of sp³-hybridized carbons (Fsp3) is 0. The van der Waals surface area contributed by atoms with E-state index in [0.717, 1.165) is 34.4 Å². The van der Waals surface area contributed by atoms with Crippen LogP contribution in [0.15, 0.2) is 207 Å². The molecular weight excluding hydrogens is 839 g/mol. The summed E-state index contributed by atoms with van der Waals surface area (Å²) in [5.41, 5.74) is 11.0. The van der Waals surface area contributed by atoms with Gasteiger partial charge in [-0.25, -0.2) is 26.3 Å². The maximum absolute atomic E-state index is 15.7. The number of nitrogens with zero attached hydrogens (tertiary/aromatic N) is 2. The predicted octanol–water partition coefficient (Wildman–Crippen LogP) is 16.3. The maximum atomic E-state index is 15.7. The largest absolute Gasteiger partial charge is 0.256 e. The van der Waals surface area contributed by atoms with Gasteiger partial charge in [-0.1, -0.05) is 84.9 Å². The summed E-state index contributed by atoms with van der Waals surface area (Å²) < 4.78 is 88.6. The molecule has 10 rings (SSSR count). The van der Waals surface area contributed by atoms with Crippen LogP contribution in [0.1, 0.15) is 0 Å². The summed E-state index contributed by atoms with van der Waals surface area (Å²) in [4.78, 5) is 9.34. The number of aromatic nitrogens is 2. The second-order valence-corrected chi connectivity index (χ2v) is 15.8. The van der Waals surface area contributed by atoms with E-state index in [1.54, 1.807) is 54.7 Å². The van der Waals surface area contributed by atoms with Crippen LogP contribution in [0.4, 0.5) is 26.3 Å². The molecule has 2 heterocycles. The van der Waals surface area contributed by atoms with Gasteiger partial charge in [-0.3, -0.25) is 9.97 Å². The topological polar surface area (TPSA) is 25.8 Å². The minimum atomic E-state index is -0.760. The zero-order valence-electron chi connectivity index (χ0n) is 34.8. The van der Waals surface area contributed by atoms with E-state index in [0.29, 0.717) is 66.9 Å². The van der Waals surface area contributed by atoms with Gasteiger partial charge in [-0.2, -0.15) is 0 Å². The monoisotopic (exact) mass is 872 g/mol. The van der Waals surface area contributed by atoms with Gasteiger partial charge >= 0.3 is 0 Å². The van der Waals surface area contributed by atoms with Crippen molar-refractivity contribution in [1.29, 1.82) is 0 Å². The number of rotatable bonds is 9. The molecule has 0 N–H and O–H groups in total. The molecule has 0 saturated carbocycles. The first-order valence-electron chi connectivity index (χ1n) is 21.0. The van der Waals surface area contributed by atoms with Crippen molar-refractivity contribution < 1.29 is 26.3 Å². The average Bonchev–Trinajstić information content (AvgIpc) is 3.34. The van der Waals surface area contributed by atoms with Crippen molar-refractivity contribution in [1.82, 2.24) is 9.97 Å². The van der Waals surface area contributed by atoms with Gasteiger partial charge in [0.2, 0.25) is 0 Å². The number of pyridine rings is 2. The van der Waals surface area contributed by atoms with Crippen LogP contribution in [0.3, 0.4) is 0 Å². The number of benzene rings is 8. The lowest BCUT2D eigenvalue weighted by molar-refractivity contribution is 0.585. The zero-order valence-corrected chi connectivity index (χ0v) is 34.8. The van der Waals surface area contributed by atoms with E-state index in [2.05, 4.69) is 4.98 Å². The smallest absolute Gasteiger partial charge is 0.135 e. The Hall–Kier alpha value is -8.36. The normalized spacial score (nSPS) is 11.2. The van der Waals surface area contributed by atoms with E-state index >= 15 is 8.78 Å². The maximum Gasteiger partial charge on any atom is 0.135 e. The van der Waals surface area contributed by atoms with Crippen LogP contribution in [0.25, 0.3) is 100 Å². The quantitative estimate of drug-likeness (QED) is 0.135. The SMILES string of the molecule is Fc1ccc(-c2cc(-c3ccc(-c4ccccc4)cc3)c(-c3ccc(F)cc3-c3cc(-c4cccc(F)c4)cc(-c4cc(F)ccc4-c4ccc(-c5ccc(F)cc5F)nc4)c3)cn2)cc1. The number of halogens is 6. The summed E-state index contributed by atoms with van der Waals surface area (Å²) in [6.45, 7) is 0. The summed E-state index contributed by atoms with van der Waals surface area (Å²) in [7, 11) is 0. The molecule has 66 heavy (non-hydrogen) atoms. The molecule has 318 valence electrons. The van der Waals surface area contributed by atoms with Gasteiger partial charge in [0, 0.05) is 40.7 Å². The van der Waals surface area contributed by atoms with Crippen molar-refractivity contribution in [2.24, 2.45) is 0 Å². The fourth-order valence-corrected chi connectivity index (χ4v) is 8.34. The zero-order chi connectivity index (χ0) is 45.3. The number of hydrogen-bond acceptors (Lipinski definition) is 2. The molecule has 0 saturated heterocycles. The third kappa shape index (κ3) is 8.52. The van der Waals surface area contributed by atoms with Crippen molar-refractivity contribution in [2.45, 2.75) is 0 Å². The van der Waals surface area contributed by atoms with Crippen molar-refractivity contribution in [3.8, 4) is 100 Å². The molecule has 0 unspecified atom stereocenters. The molecule has 0 aliphatic rings. The van der Waals surface area contributed by atoms with Crippen LogP contribution < -0.4 is 0 Å². The Bertz CT molecular complexity index is 3410. The lowest BCUT2D eigenvalue weighted by Gasteiger charge is -2.19. The molecule has 2 aromatic heterocycles. The lowest BCUT2D eigenvalue weighted by atomic mass is 9.86. The molecule has 0 fully saturated rings. The third-order valence-electron chi connectivity index (χ3n) is 11.6. The Kier molecular flexibility index (Phi) is 11.1. The standard InChI is InChI=1S/C58H34F6N2/c59-44-16-13-38(14-17-44)58-32-54(37-11-9-36(10-12-37)35-5-2-1-3-6-35)55(34-66-58)50-22-19-47(62)30-53(50)43-26-41(39-7-4-8-45(60)28-39)25-42(27-43)52-29-46(61)18-21-49(52)40-15-24-57(65-33-40)51-23-20-48(63)31-56(51)64/h1-34H. The van der Waals surface area contributed by atoms with E-state index in [-0.39, 0.29) is 17.1 Å². The molecule has 0 bridgehead atoms. The molecule has 0 atom stereocenters. The minimum Gasteiger partial charge on any atom is -0.256 e. The van der Waals surface area contributed by atoms with E-state index < -0.39 is 29.1 Å². The molecular formula is C58H34F6N2. The highest BCUT2D eigenvalue weighted by Gasteiger charge is 2.20. The Balaban J connectivity index is 1.15. The minimum absolute atomic E-state index is 0.119. The summed E-state index contributed by atoms with van der Waals surface area (Å²) in [5.74, 6) is -3.33. The average molecular weight is 873 g/mol. The van der Waals surface area contributed by atoms with Crippen molar-refractivity contribution in [3.05, 3.63) is 241 Å². The Morgan fingerprint density at radius 3 is 1.41 bits per heavy atom. The van der Waals surface area contributed by atoms with Crippen LogP contribution in [0.2, 0.25) is 0 Å². The van der Waals surface area contributed by atoms with Crippen molar-refractivity contribution in [3.63, 3.8) is 0 Å². The Morgan fingerprint density at radius 1 is 0.227 bits per heavy atom. The van der Waals surface area contributed by atoms with Gasteiger partial charge in [0.25, 0.3) is 0 Å². The van der Waals surface area contributed by atoms with E-state index in [4.69, 9.17) is 4.98 Å². The van der Waals surface area contributed by atoms with Crippen molar-refractivity contribution in [2.75, 3.05) is 0 Å². The van der Waals surface area contributed by atoms with E-state index in [9.17, 15) is 17.6 Å². The van der Waals surface area contributed by atoms with Crippen LogP contribution >= 0.6 is 0 Å². The van der Waals surface area contributed by atoms with E-state index in [1.165, 1.54) is 60.8 Å². The van der Waals surface area contributed by atoms with Gasteiger partial charge in [-0.05, 0) is 170 Å². The molecule has 8 heteroatoms. The summed E-state index contributed by atoms with van der Waals surface area (Å²) >= 11 is 0. The van der Waals surface area contributed by atoms with Crippen molar-refractivity contribution >= 4 is 0 Å². The molecule has 8 aromatic carbocycles. The Morgan fingerprint density at radius 2 is 0.742 bits per heavy atom. The van der Waals surface area contributed by atoms with Crippen LogP contribution in [0, 0.1) is 34.9 Å². The van der Waals surface area contributed by atoms with Gasteiger partial charge < -0.3 is 0 Å². The van der Waals surface area contributed by atoms with Gasteiger partial charge in [0.05, 0.1) is 11.4 Å². The predicted molar refractivity (Wildman–Crippen MR) is 251 cm³/mol. The summed E-state index contributed by atoms with van der Waals surface area (Å²) in [6.07, 6.45) is 3.26. The van der Waals surface area contributed by atoms with Crippen LogP contribution in [0.5, 0.6) is 0 Å². The van der Waals surface area contributed by atoms with Gasteiger partial charge in [0.1, 0.15) is 34.9 Å². The van der Waals surface area contributed by atoms with E-state index in [1.807, 2.05) is 78.9 Å². The first kappa shape index (κ1) is 41.6. The summed E-state index contributed by atoms with van der Waals surface area (Å²) in [6, 6.07) is 53.2. The third-order valence-corrected chi connectivity index (χ3v) is 11.6. The molecule has 0 radical (unpaired) electrons. The highest BCUT2D eigenvalue weighted by molar-refractivity contribution is 5.96. The first-order chi connectivity index (χ1) is 32.1. The van der Waals surface area contributed by atoms with Gasteiger partial charge in [-0.15, -0.1) is 0 Å². The second-order valence-electron chi connectivity index (χ2n) is 15.8. The molecule has 0 aliphatic carbocycles. The fourth-order valence-electron chi connectivity index (χ4n) is 8.34. The Labute approximate surface area is 376 Å². The second kappa shape index (κ2) is 17.7. The highest BCUT2D eigenvalue weighted by Crippen LogP contribution is 2.44. The lowest BCUT2D eigenvalue weighted by Crippen LogP contribution is -1.96. The van der Waals surface area contributed by atoms with Gasteiger partial charge in [0.15, 0.2) is 0 Å². The highest BCUT2D eigenvalue weighted by atomic mass is 19.1. The molecule has 0 spiro atoms. The first-order valence-corrected chi connectivity index (χ1v) is 21.0. The van der Waals surface area contributed by atoms with Crippen LogP contribution in [-0.4, -0.2) is 9.97 Å². The summed E-state index contributed by atoms with van der Waals surface area (Å²) in [5, 5.41) is 0. The molecule has 10 aromatic rings. The number of hydrogen-bond donors (Lipinski definition) is 0. The molecule has 0 aliphatic heterocycles.